The van der Waals surface area contributed by atoms with E-state index in [0.29, 0.717) is 19.4 Å². The van der Waals surface area contributed by atoms with Crippen LogP contribution in [0.3, 0.4) is 0 Å². The Bertz CT molecular complexity index is 811. The van der Waals surface area contributed by atoms with Gasteiger partial charge in [-0.15, -0.1) is 0 Å². The number of nitrogens with one attached hydrogen (secondary N) is 1. The summed E-state index contributed by atoms with van der Waals surface area (Å²) in [4.78, 5) is 27.9. The molecule has 2 amide bonds. The van der Waals surface area contributed by atoms with Crippen molar-refractivity contribution >= 4 is 11.8 Å². The van der Waals surface area contributed by atoms with Gasteiger partial charge in [0.25, 0.3) is 0 Å². The minimum absolute atomic E-state index is 0.0192. The molecule has 0 saturated heterocycles. The van der Waals surface area contributed by atoms with E-state index in [1.54, 1.807) is 4.90 Å². The van der Waals surface area contributed by atoms with Gasteiger partial charge in [0, 0.05) is 19.0 Å². The fraction of sp³-hybridized carbons (Fsp3) is 0.462. The number of carbonyl (C=O) groups is 2. The Labute approximate surface area is 180 Å². The van der Waals surface area contributed by atoms with E-state index in [9.17, 15) is 9.59 Å². The standard InChI is InChI=1S/C26H34N2O2/c1-20-13-15-22(16-14-20)17-18-25(29)28(19-23-9-5-3-6-10-23)21(2)26(30)27-24-11-7-4-8-12-24/h3,5-6,9-10,13-16,21,24H,4,7-8,11-12,17-19H2,1-2H3,(H,27,30). The van der Waals surface area contributed by atoms with Gasteiger partial charge in [0.2, 0.25) is 11.8 Å². The lowest BCUT2D eigenvalue weighted by Crippen LogP contribution is -2.50. The third-order valence-electron chi connectivity index (χ3n) is 6.06. The van der Waals surface area contributed by atoms with Gasteiger partial charge in [0.15, 0.2) is 0 Å². The molecule has 0 spiro atoms. The van der Waals surface area contributed by atoms with Crippen LogP contribution in [0.5, 0.6) is 0 Å². The molecule has 4 heteroatoms. The molecule has 0 heterocycles. The molecule has 0 aromatic heterocycles. The predicted octanol–water partition coefficient (Wildman–Crippen LogP) is 4.79. The van der Waals surface area contributed by atoms with Crippen molar-refractivity contribution in [2.45, 2.75) is 77.4 Å². The van der Waals surface area contributed by atoms with Crippen LogP contribution >= 0.6 is 0 Å². The van der Waals surface area contributed by atoms with Crippen LogP contribution in [0.4, 0.5) is 0 Å². The number of hydrogen-bond donors (Lipinski definition) is 1. The molecule has 2 aromatic rings. The van der Waals surface area contributed by atoms with Crippen LogP contribution in [0.25, 0.3) is 0 Å². The fourth-order valence-electron chi connectivity index (χ4n) is 4.08. The highest BCUT2D eigenvalue weighted by atomic mass is 16.2. The van der Waals surface area contributed by atoms with Crippen molar-refractivity contribution in [2.75, 3.05) is 0 Å². The first-order valence-corrected chi connectivity index (χ1v) is 11.2. The maximum Gasteiger partial charge on any atom is 0.242 e. The Morgan fingerprint density at radius 2 is 1.63 bits per heavy atom. The van der Waals surface area contributed by atoms with Gasteiger partial charge in [0.05, 0.1) is 0 Å². The van der Waals surface area contributed by atoms with Crippen molar-refractivity contribution in [1.82, 2.24) is 10.2 Å². The molecule has 3 rings (SSSR count). The molecule has 1 atom stereocenters. The second-order valence-electron chi connectivity index (χ2n) is 8.51. The Morgan fingerprint density at radius 1 is 0.967 bits per heavy atom. The Hall–Kier alpha value is -2.62. The number of aryl methyl sites for hydroxylation is 2. The Kier molecular flexibility index (Phi) is 8.06. The SMILES string of the molecule is Cc1ccc(CCC(=O)N(Cc2ccccc2)C(C)C(=O)NC2CCCCC2)cc1. The molecule has 1 unspecified atom stereocenters. The van der Waals surface area contributed by atoms with Crippen LogP contribution in [0.15, 0.2) is 54.6 Å². The first-order chi connectivity index (χ1) is 14.5. The molecule has 1 aliphatic rings. The zero-order chi connectivity index (χ0) is 21.3. The first-order valence-electron chi connectivity index (χ1n) is 11.2. The van der Waals surface area contributed by atoms with E-state index in [0.717, 1.165) is 24.0 Å². The Morgan fingerprint density at radius 3 is 2.30 bits per heavy atom. The highest BCUT2D eigenvalue weighted by Crippen LogP contribution is 2.19. The summed E-state index contributed by atoms with van der Waals surface area (Å²) in [7, 11) is 0. The van der Waals surface area contributed by atoms with Gasteiger partial charge in [-0.3, -0.25) is 9.59 Å². The number of rotatable bonds is 8. The summed E-state index contributed by atoms with van der Waals surface area (Å²) in [6.45, 7) is 4.36. The zero-order valence-electron chi connectivity index (χ0n) is 18.3. The molecule has 1 fully saturated rings. The molecule has 0 bridgehead atoms. The quantitative estimate of drug-likeness (QED) is 0.685. The fourth-order valence-corrected chi connectivity index (χ4v) is 4.08. The van der Waals surface area contributed by atoms with Crippen LogP contribution in [0.1, 0.15) is 62.1 Å². The molecule has 160 valence electrons. The molecule has 0 aliphatic heterocycles. The van der Waals surface area contributed by atoms with Crippen LogP contribution in [-0.4, -0.2) is 28.8 Å². The van der Waals surface area contributed by atoms with E-state index in [4.69, 9.17) is 0 Å². The summed E-state index contributed by atoms with van der Waals surface area (Å²) in [5.74, 6) is -0.0211. The molecule has 1 saturated carbocycles. The normalized spacial score (nSPS) is 15.4. The molecule has 1 aliphatic carbocycles. The number of hydrogen-bond acceptors (Lipinski definition) is 2. The van der Waals surface area contributed by atoms with Gasteiger partial charge in [-0.05, 0) is 44.2 Å². The number of amides is 2. The Balaban J connectivity index is 1.67. The summed E-state index contributed by atoms with van der Waals surface area (Å²) in [6, 6.07) is 18.0. The summed E-state index contributed by atoms with van der Waals surface area (Å²) < 4.78 is 0. The van der Waals surface area contributed by atoms with Crippen LogP contribution < -0.4 is 5.32 Å². The van der Waals surface area contributed by atoms with Crippen molar-refractivity contribution in [2.24, 2.45) is 0 Å². The van der Waals surface area contributed by atoms with E-state index < -0.39 is 6.04 Å². The summed E-state index contributed by atoms with van der Waals surface area (Å²) in [6.07, 6.45) is 6.75. The average molecular weight is 407 g/mol. The smallest absolute Gasteiger partial charge is 0.242 e. The molecule has 30 heavy (non-hydrogen) atoms. The molecule has 4 nitrogen and oxygen atoms in total. The summed E-state index contributed by atoms with van der Waals surface area (Å²) in [5.41, 5.74) is 3.40. The number of carbonyl (C=O) groups excluding carboxylic acids is 2. The predicted molar refractivity (Wildman–Crippen MR) is 121 cm³/mol. The second-order valence-corrected chi connectivity index (χ2v) is 8.51. The number of benzene rings is 2. The minimum Gasteiger partial charge on any atom is -0.352 e. The first kappa shape index (κ1) is 22.1. The maximum absolute atomic E-state index is 13.2. The van der Waals surface area contributed by atoms with Gasteiger partial charge >= 0.3 is 0 Å². The van der Waals surface area contributed by atoms with E-state index >= 15 is 0 Å². The summed E-state index contributed by atoms with van der Waals surface area (Å²) in [5, 5.41) is 3.19. The third kappa shape index (κ3) is 6.45. The van der Waals surface area contributed by atoms with Crippen molar-refractivity contribution in [3.63, 3.8) is 0 Å². The van der Waals surface area contributed by atoms with Crippen molar-refractivity contribution in [1.29, 1.82) is 0 Å². The zero-order valence-corrected chi connectivity index (χ0v) is 18.3. The lowest BCUT2D eigenvalue weighted by molar-refractivity contribution is -0.141. The molecule has 1 N–H and O–H groups in total. The highest BCUT2D eigenvalue weighted by molar-refractivity contribution is 5.87. The van der Waals surface area contributed by atoms with Gasteiger partial charge in [0.1, 0.15) is 6.04 Å². The van der Waals surface area contributed by atoms with E-state index in [2.05, 4.69) is 36.5 Å². The van der Waals surface area contributed by atoms with Crippen molar-refractivity contribution < 1.29 is 9.59 Å². The molecular formula is C26H34N2O2. The monoisotopic (exact) mass is 406 g/mol. The average Bonchev–Trinajstić information content (AvgIpc) is 2.78. The van der Waals surface area contributed by atoms with Gasteiger partial charge < -0.3 is 10.2 Å². The van der Waals surface area contributed by atoms with Gasteiger partial charge in [-0.1, -0.05) is 79.4 Å². The number of nitrogens with zero attached hydrogens (tertiary/aromatic N) is 1. The lowest BCUT2D eigenvalue weighted by atomic mass is 9.95. The molecule has 0 radical (unpaired) electrons. The van der Waals surface area contributed by atoms with Gasteiger partial charge in [-0.25, -0.2) is 0 Å². The third-order valence-corrected chi connectivity index (χ3v) is 6.06. The van der Waals surface area contributed by atoms with Crippen molar-refractivity contribution in [3.05, 3.63) is 71.3 Å². The van der Waals surface area contributed by atoms with Crippen LogP contribution in [-0.2, 0) is 22.6 Å². The van der Waals surface area contributed by atoms with Crippen LogP contribution in [0.2, 0.25) is 0 Å². The van der Waals surface area contributed by atoms with E-state index in [1.165, 1.54) is 24.8 Å². The van der Waals surface area contributed by atoms with Gasteiger partial charge in [-0.2, -0.15) is 0 Å². The lowest BCUT2D eigenvalue weighted by Gasteiger charge is -2.31. The minimum atomic E-state index is -0.488. The van der Waals surface area contributed by atoms with Crippen LogP contribution in [0, 0.1) is 6.92 Å². The largest absolute Gasteiger partial charge is 0.352 e. The second kappa shape index (κ2) is 11.0. The topological polar surface area (TPSA) is 49.4 Å². The van der Waals surface area contributed by atoms with Crippen molar-refractivity contribution in [3.8, 4) is 0 Å². The summed E-state index contributed by atoms with van der Waals surface area (Å²) >= 11 is 0. The maximum atomic E-state index is 13.2. The molecular weight excluding hydrogens is 372 g/mol. The molecule has 2 aromatic carbocycles. The van der Waals surface area contributed by atoms with E-state index in [-0.39, 0.29) is 17.9 Å². The highest BCUT2D eigenvalue weighted by Gasteiger charge is 2.27. The van der Waals surface area contributed by atoms with E-state index in [1.807, 2.05) is 37.3 Å².